The molecule has 4 rings (SSSR count). The Morgan fingerprint density at radius 3 is 2.50 bits per heavy atom. The summed E-state index contributed by atoms with van der Waals surface area (Å²) in [5.74, 6) is 0.337. The quantitative estimate of drug-likeness (QED) is 0.534. The van der Waals surface area contributed by atoms with Crippen molar-refractivity contribution < 1.29 is 9.53 Å². The van der Waals surface area contributed by atoms with Crippen molar-refractivity contribution in [1.82, 2.24) is 15.0 Å². The number of rotatable bonds is 3. The average molecular weight is 364 g/mol. The minimum atomic E-state index is -0.466. The van der Waals surface area contributed by atoms with E-state index in [1.54, 1.807) is 6.07 Å². The second-order valence-corrected chi connectivity index (χ2v) is 6.13. The maximum Gasteiger partial charge on any atom is 0.339 e. The van der Waals surface area contributed by atoms with Crippen LogP contribution in [0, 0.1) is 0 Å². The van der Waals surface area contributed by atoms with Crippen LogP contribution in [0.15, 0.2) is 60.8 Å². The van der Waals surface area contributed by atoms with E-state index in [-0.39, 0.29) is 0 Å². The van der Waals surface area contributed by atoms with E-state index in [2.05, 4.69) is 19.7 Å². The Labute approximate surface area is 154 Å². The lowest BCUT2D eigenvalue weighted by molar-refractivity contribution is 0.0600. The van der Waals surface area contributed by atoms with Gasteiger partial charge in [-0.05, 0) is 18.2 Å². The molecule has 0 amide bonds. The van der Waals surface area contributed by atoms with Crippen LogP contribution in [-0.4, -0.2) is 28.0 Å². The van der Waals surface area contributed by atoms with E-state index < -0.39 is 5.97 Å². The van der Waals surface area contributed by atoms with Crippen molar-refractivity contribution in [2.45, 2.75) is 0 Å². The lowest BCUT2D eigenvalue weighted by Gasteiger charge is -2.06. The maximum atomic E-state index is 11.6. The summed E-state index contributed by atoms with van der Waals surface area (Å²) < 4.78 is 4.68. The predicted molar refractivity (Wildman–Crippen MR) is 101 cm³/mol. The molecule has 5 nitrogen and oxygen atoms in total. The summed E-state index contributed by atoms with van der Waals surface area (Å²) in [5.41, 5.74) is 4.67. The van der Waals surface area contributed by atoms with E-state index in [0.717, 1.165) is 28.0 Å². The maximum absolute atomic E-state index is 11.6. The number of nitrogens with one attached hydrogen (secondary N) is 1. The van der Waals surface area contributed by atoms with Gasteiger partial charge >= 0.3 is 5.97 Å². The van der Waals surface area contributed by atoms with Gasteiger partial charge in [-0.3, -0.25) is 4.98 Å². The second kappa shape index (κ2) is 6.61. The summed E-state index contributed by atoms with van der Waals surface area (Å²) in [7, 11) is 1.32. The van der Waals surface area contributed by atoms with Crippen LogP contribution in [0.25, 0.3) is 33.7 Å². The molecule has 128 valence electrons. The van der Waals surface area contributed by atoms with Crippen molar-refractivity contribution in [2.75, 3.05) is 7.11 Å². The zero-order valence-corrected chi connectivity index (χ0v) is 14.6. The fraction of sp³-hybridized carbons (Fsp3) is 0.0500. The van der Waals surface area contributed by atoms with E-state index in [0.29, 0.717) is 16.3 Å². The monoisotopic (exact) mass is 363 g/mol. The Kier molecular flexibility index (Phi) is 4.14. The van der Waals surface area contributed by atoms with Gasteiger partial charge in [0.25, 0.3) is 0 Å². The molecular formula is C20H14ClN3O2. The van der Waals surface area contributed by atoms with Crippen molar-refractivity contribution in [1.29, 1.82) is 0 Å². The SMILES string of the molecule is COC(=O)c1cnc(-c2ccc(-c3nc4ccccc4[nH]3)cc2)c(Cl)c1. The lowest BCUT2D eigenvalue weighted by Crippen LogP contribution is -2.02. The number of benzene rings is 2. The molecule has 1 N–H and O–H groups in total. The molecule has 2 heterocycles. The van der Waals surface area contributed by atoms with E-state index >= 15 is 0 Å². The number of carbonyl (C=O) groups excluding carboxylic acids is 1. The third kappa shape index (κ3) is 2.93. The fourth-order valence-corrected chi connectivity index (χ4v) is 3.03. The standard InChI is InChI=1S/C20H14ClN3O2/c1-26-20(25)14-10-15(21)18(22-11-14)12-6-8-13(9-7-12)19-23-16-4-2-3-5-17(16)24-19/h2-11H,1H3,(H,23,24). The summed E-state index contributed by atoms with van der Waals surface area (Å²) in [6.45, 7) is 0. The van der Waals surface area contributed by atoms with Gasteiger partial charge in [0, 0.05) is 17.3 Å². The van der Waals surface area contributed by atoms with E-state index in [1.165, 1.54) is 13.3 Å². The van der Waals surface area contributed by atoms with Gasteiger partial charge in [-0.15, -0.1) is 0 Å². The smallest absolute Gasteiger partial charge is 0.339 e. The number of ether oxygens (including phenoxy) is 1. The molecule has 0 bridgehead atoms. The molecule has 6 heteroatoms. The number of pyridine rings is 1. The number of para-hydroxylation sites is 2. The van der Waals surface area contributed by atoms with Crippen LogP contribution in [-0.2, 0) is 4.74 Å². The topological polar surface area (TPSA) is 67.9 Å². The van der Waals surface area contributed by atoms with Crippen LogP contribution in [0.1, 0.15) is 10.4 Å². The number of methoxy groups -OCH3 is 1. The summed E-state index contributed by atoms with van der Waals surface area (Å²) in [6, 6.07) is 17.2. The first-order chi connectivity index (χ1) is 12.7. The van der Waals surface area contributed by atoms with Crippen LogP contribution >= 0.6 is 11.6 Å². The number of H-pyrrole nitrogens is 1. The van der Waals surface area contributed by atoms with E-state index in [9.17, 15) is 4.79 Å². The summed E-state index contributed by atoms with van der Waals surface area (Å²) >= 11 is 6.29. The molecular weight excluding hydrogens is 350 g/mol. The van der Waals surface area contributed by atoms with Crippen molar-refractivity contribution in [3.63, 3.8) is 0 Å². The molecule has 0 fully saturated rings. The molecule has 0 atom stereocenters. The van der Waals surface area contributed by atoms with Gasteiger partial charge in [-0.2, -0.15) is 0 Å². The zero-order chi connectivity index (χ0) is 18.1. The van der Waals surface area contributed by atoms with Gasteiger partial charge in [0.15, 0.2) is 0 Å². The Balaban J connectivity index is 1.66. The van der Waals surface area contributed by atoms with Gasteiger partial charge in [-0.1, -0.05) is 48.0 Å². The van der Waals surface area contributed by atoms with Crippen LogP contribution in [0.4, 0.5) is 0 Å². The van der Waals surface area contributed by atoms with Gasteiger partial charge < -0.3 is 9.72 Å². The van der Waals surface area contributed by atoms with Crippen molar-refractivity contribution >= 4 is 28.6 Å². The van der Waals surface area contributed by atoms with Gasteiger partial charge in [-0.25, -0.2) is 9.78 Å². The average Bonchev–Trinajstić information content (AvgIpc) is 3.11. The molecule has 26 heavy (non-hydrogen) atoms. The number of halogens is 1. The predicted octanol–water partition coefficient (Wildman–Crippen LogP) is 4.73. The van der Waals surface area contributed by atoms with Gasteiger partial charge in [0.1, 0.15) is 5.82 Å². The molecule has 4 aromatic rings. The number of imidazole rings is 1. The Bertz CT molecular complexity index is 1070. The van der Waals surface area contributed by atoms with Crippen molar-refractivity contribution in [2.24, 2.45) is 0 Å². The number of nitrogens with zero attached hydrogens (tertiary/aromatic N) is 2. The highest BCUT2D eigenvalue weighted by molar-refractivity contribution is 6.33. The van der Waals surface area contributed by atoms with Gasteiger partial charge in [0.05, 0.1) is 34.4 Å². The normalized spacial score (nSPS) is 10.8. The largest absolute Gasteiger partial charge is 0.465 e. The fourth-order valence-electron chi connectivity index (χ4n) is 2.76. The van der Waals surface area contributed by atoms with Crippen LogP contribution in [0.2, 0.25) is 5.02 Å². The van der Waals surface area contributed by atoms with Gasteiger partial charge in [0.2, 0.25) is 0 Å². The Morgan fingerprint density at radius 2 is 1.81 bits per heavy atom. The number of fused-ring (bicyclic) bond motifs is 1. The van der Waals surface area contributed by atoms with Crippen molar-refractivity contribution in [3.05, 3.63) is 71.4 Å². The highest BCUT2D eigenvalue weighted by atomic mass is 35.5. The van der Waals surface area contributed by atoms with Crippen LogP contribution in [0.5, 0.6) is 0 Å². The molecule has 0 aliphatic rings. The highest BCUT2D eigenvalue weighted by Crippen LogP contribution is 2.29. The first-order valence-electron chi connectivity index (χ1n) is 7.95. The highest BCUT2D eigenvalue weighted by Gasteiger charge is 2.12. The number of esters is 1. The molecule has 0 unspecified atom stereocenters. The summed E-state index contributed by atoms with van der Waals surface area (Å²) in [4.78, 5) is 23.8. The molecule has 2 aromatic heterocycles. The molecule has 0 aliphatic heterocycles. The van der Waals surface area contributed by atoms with Crippen molar-refractivity contribution in [3.8, 4) is 22.6 Å². The Hall–Kier alpha value is -3.18. The molecule has 0 saturated carbocycles. The summed E-state index contributed by atoms with van der Waals surface area (Å²) in [5, 5.41) is 0.393. The van der Waals surface area contributed by atoms with E-state index in [4.69, 9.17) is 11.6 Å². The van der Waals surface area contributed by atoms with Crippen LogP contribution < -0.4 is 0 Å². The number of aromatic amines is 1. The number of aromatic nitrogens is 3. The van der Waals surface area contributed by atoms with E-state index in [1.807, 2.05) is 48.5 Å². The molecule has 0 radical (unpaired) electrons. The Morgan fingerprint density at radius 1 is 1.08 bits per heavy atom. The zero-order valence-electron chi connectivity index (χ0n) is 13.9. The van der Waals surface area contributed by atoms with Crippen LogP contribution in [0.3, 0.4) is 0 Å². The number of carbonyl (C=O) groups is 1. The third-order valence-electron chi connectivity index (χ3n) is 4.08. The number of hydrogen-bond donors (Lipinski definition) is 1. The molecule has 0 spiro atoms. The lowest BCUT2D eigenvalue weighted by atomic mass is 10.1. The summed E-state index contributed by atoms with van der Waals surface area (Å²) in [6.07, 6.45) is 1.46. The third-order valence-corrected chi connectivity index (χ3v) is 4.37. The molecule has 0 aliphatic carbocycles. The minimum absolute atomic E-state index is 0.320. The first kappa shape index (κ1) is 16.3. The molecule has 0 saturated heterocycles. The minimum Gasteiger partial charge on any atom is -0.465 e. The second-order valence-electron chi connectivity index (χ2n) is 5.73. The molecule has 2 aromatic carbocycles. The first-order valence-corrected chi connectivity index (χ1v) is 8.33. The number of hydrogen-bond acceptors (Lipinski definition) is 4.